The Labute approximate surface area is 609 Å². The van der Waals surface area contributed by atoms with Gasteiger partial charge in [-0.1, -0.05) is 11.6 Å². The molecule has 0 unspecified atom stereocenters. The first-order valence-corrected chi connectivity index (χ1v) is 37.3. The van der Waals surface area contributed by atoms with Crippen molar-refractivity contribution in [3.63, 3.8) is 0 Å². The molecule has 0 aliphatic carbocycles. The molecule has 0 radical (unpaired) electrons. The number of halogens is 6. The van der Waals surface area contributed by atoms with E-state index in [-0.39, 0.29) is 45.2 Å². The maximum Gasteiger partial charge on any atom is 0.264 e. The van der Waals surface area contributed by atoms with Gasteiger partial charge >= 0.3 is 0 Å². The number of hydrogen-bond acceptors (Lipinski definition) is 21. The number of aryl methyl sites for hydroxylation is 4. The van der Waals surface area contributed by atoms with Crippen LogP contribution >= 0.6 is 11.6 Å². The maximum atomic E-state index is 14.2. The number of aromatic nitrogens is 9. The summed E-state index contributed by atoms with van der Waals surface area (Å²) < 4.78 is 186. The molecule has 8 heterocycles. The summed E-state index contributed by atoms with van der Waals surface area (Å²) in [4.78, 5) is 37.2. The Kier molecular flexibility index (Phi) is 22.5. The van der Waals surface area contributed by atoms with E-state index in [2.05, 4.69) is 59.0 Å². The molecule has 3 N–H and O–H groups in total. The third-order valence-corrected chi connectivity index (χ3v) is 21.5. The Morgan fingerprint density at radius 1 is 0.406 bits per heavy atom. The van der Waals surface area contributed by atoms with Gasteiger partial charge in [-0.05, 0) is 148 Å². The lowest BCUT2D eigenvalue weighted by atomic mass is 10.0. The number of hydrogen-bond donors (Lipinski definition) is 3. The van der Waals surface area contributed by atoms with Crippen LogP contribution in [0, 0.1) is 56.8 Å². The largest absolute Gasteiger partial charge is 0.494 e. The van der Waals surface area contributed by atoms with Crippen molar-refractivity contribution in [3.8, 4) is 56.5 Å². The minimum atomic E-state index is -4.40. The fraction of sp³-hybridized carbons (Fsp3) is 0.219. The highest BCUT2D eigenvalue weighted by atomic mass is 35.5. The molecule has 14 rings (SSSR count). The van der Waals surface area contributed by atoms with Crippen molar-refractivity contribution in [1.29, 1.82) is 0 Å². The van der Waals surface area contributed by atoms with E-state index in [1.807, 2.05) is 51.1 Å². The highest BCUT2D eigenvalue weighted by Crippen LogP contribution is 2.40. The van der Waals surface area contributed by atoms with Gasteiger partial charge in [-0.25, -0.2) is 87.1 Å². The monoisotopic (exact) mass is 1530 g/mol. The van der Waals surface area contributed by atoms with Gasteiger partial charge in [0.15, 0.2) is 5.15 Å². The predicted octanol–water partition coefficient (Wildman–Crippen LogP) is 14.2. The second-order valence-electron chi connectivity index (χ2n) is 24.2. The van der Waals surface area contributed by atoms with Crippen molar-refractivity contribution >= 4 is 91.4 Å². The number of anilines is 3. The van der Waals surface area contributed by atoms with E-state index < -0.39 is 68.9 Å². The number of rotatable bonds is 18. The van der Waals surface area contributed by atoms with Crippen molar-refractivity contribution in [3.05, 3.63) is 210 Å². The van der Waals surface area contributed by atoms with Crippen molar-refractivity contribution < 1.29 is 75.6 Å². The number of pyridine rings is 3. The lowest BCUT2D eigenvalue weighted by Gasteiger charge is -2.24. The zero-order valence-corrected chi connectivity index (χ0v) is 60.4. The van der Waals surface area contributed by atoms with Crippen LogP contribution in [0.2, 0.25) is 5.15 Å². The quantitative estimate of drug-likeness (QED) is 0.0531. The standard InChI is InChI=1S/C26H24F2N4O4S.C25H22ClFN4O4S.C22H18F2N4O4S/c1-15-21-9-17(11-24(26(21)31-14-30-15)36-20-5-7-35-8-6-20)18-10-23(16(2)29-13-18)32-37(33,34)25-4-3-19(27)12-22(25)28;1-15-21-10-16(12-23(24(21)30-14-29-15)35-19-6-8-34-9-7-19)17-11-22(25(26)28-13-17)31-36(32,33)20-4-2-18(27)3-5-20;1-12-16-6-13(8-19(31-2)21(16)27-11-26-12)14-7-18(22(32-3)25-10-14)28-33(29,30)20-5-4-15(23)9-17(20)24/h3-4,9-14,20,32H,5-8H2,1-2H3;2-5,10-14,19,31H,6-9H2,1H3;4-11,28H,1-3H3. The summed E-state index contributed by atoms with van der Waals surface area (Å²) in [7, 11) is -9.93. The molecule has 2 aliphatic rings. The van der Waals surface area contributed by atoms with Crippen LogP contribution in [-0.2, 0) is 39.5 Å². The van der Waals surface area contributed by atoms with Crippen LogP contribution in [0.3, 0.4) is 0 Å². The van der Waals surface area contributed by atoms with Crippen molar-refractivity contribution in [1.82, 2.24) is 44.9 Å². The van der Waals surface area contributed by atoms with Gasteiger partial charge in [0.2, 0.25) is 5.88 Å². The molecule has 6 aromatic carbocycles. The van der Waals surface area contributed by atoms with Crippen LogP contribution in [0.1, 0.15) is 48.5 Å². The van der Waals surface area contributed by atoms with Crippen LogP contribution < -0.4 is 33.1 Å². The fourth-order valence-corrected chi connectivity index (χ4v) is 15.0. The number of nitrogens with zero attached hydrogens (tertiary/aromatic N) is 9. The van der Waals surface area contributed by atoms with Gasteiger partial charge in [0, 0.05) is 106 Å². The third kappa shape index (κ3) is 17.1. The lowest BCUT2D eigenvalue weighted by molar-refractivity contribution is 0.0259. The van der Waals surface area contributed by atoms with E-state index in [1.165, 1.54) is 57.6 Å². The highest BCUT2D eigenvalue weighted by Gasteiger charge is 2.27. The van der Waals surface area contributed by atoms with Gasteiger partial charge in [-0.3, -0.25) is 19.2 Å². The number of benzene rings is 6. The number of nitrogens with one attached hydrogen (secondary N) is 3. The van der Waals surface area contributed by atoms with E-state index in [1.54, 1.807) is 37.5 Å². The second kappa shape index (κ2) is 31.8. The maximum absolute atomic E-state index is 14.2. The first-order valence-electron chi connectivity index (χ1n) is 32.4. The average Bonchev–Trinajstić information content (AvgIpc) is 0.785. The van der Waals surface area contributed by atoms with E-state index in [0.717, 1.165) is 101 Å². The smallest absolute Gasteiger partial charge is 0.264 e. The van der Waals surface area contributed by atoms with E-state index in [9.17, 15) is 47.2 Å². The first-order chi connectivity index (χ1) is 50.7. The van der Waals surface area contributed by atoms with E-state index in [4.69, 9.17) is 40.0 Å². The minimum absolute atomic E-state index is 0.00565. The molecule has 548 valence electrons. The van der Waals surface area contributed by atoms with Crippen LogP contribution in [0.4, 0.5) is 39.0 Å². The molecule has 0 spiro atoms. The Morgan fingerprint density at radius 3 is 1.25 bits per heavy atom. The fourth-order valence-electron chi connectivity index (χ4n) is 11.5. The topological polar surface area (TPSA) is 310 Å². The Morgan fingerprint density at radius 2 is 0.802 bits per heavy atom. The zero-order chi connectivity index (χ0) is 75.2. The Hall–Kier alpha value is -10.9. The van der Waals surface area contributed by atoms with Crippen molar-refractivity contribution in [2.75, 3.05) is 54.8 Å². The summed E-state index contributed by atoms with van der Waals surface area (Å²) in [5, 5.41) is 2.32. The molecule has 0 bridgehead atoms. The Balaban J connectivity index is 0.000000149. The normalized spacial score (nSPS) is 13.6. The van der Waals surface area contributed by atoms with Crippen molar-refractivity contribution in [2.45, 2.75) is 80.3 Å². The number of sulfonamides is 3. The van der Waals surface area contributed by atoms with Crippen LogP contribution in [0.25, 0.3) is 66.1 Å². The summed E-state index contributed by atoms with van der Waals surface area (Å²) in [5.41, 5.74) is 8.70. The molecule has 0 amide bonds. The third-order valence-electron chi connectivity index (χ3n) is 17.0. The van der Waals surface area contributed by atoms with Crippen LogP contribution in [-0.4, -0.2) is 123 Å². The molecule has 33 heteroatoms. The van der Waals surface area contributed by atoms with Crippen molar-refractivity contribution in [2.24, 2.45) is 0 Å². The summed E-state index contributed by atoms with van der Waals surface area (Å²) in [6.07, 6.45) is 12.1. The molecule has 0 atom stereocenters. The van der Waals surface area contributed by atoms with Gasteiger partial charge < -0.3 is 28.4 Å². The minimum Gasteiger partial charge on any atom is -0.494 e. The number of methoxy groups -OCH3 is 2. The first kappa shape index (κ1) is 74.8. The molecule has 2 saturated heterocycles. The highest BCUT2D eigenvalue weighted by molar-refractivity contribution is 7.93. The molecular weight excluding hydrogens is 1460 g/mol. The molecule has 106 heavy (non-hydrogen) atoms. The second-order valence-corrected chi connectivity index (χ2v) is 29.5. The molecular formula is C73H64ClF5N12O12S3. The van der Waals surface area contributed by atoms with Gasteiger partial charge in [0.05, 0.1) is 62.6 Å². The molecule has 24 nitrogen and oxygen atoms in total. The molecule has 2 aliphatic heterocycles. The van der Waals surface area contributed by atoms with Gasteiger partial charge in [0.25, 0.3) is 30.1 Å². The number of fused-ring (bicyclic) bond motifs is 3. The summed E-state index contributed by atoms with van der Waals surface area (Å²) in [6.45, 7) is 9.72. The van der Waals surface area contributed by atoms with Gasteiger partial charge in [-0.2, -0.15) is 0 Å². The molecule has 0 saturated carbocycles. The van der Waals surface area contributed by atoms with E-state index in [0.29, 0.717) is 106 Å². The summed E-state index contributed by atoms with van der Waals surface area (Å²) in [6, 6.07) is 24.7. The zero-order valence-electron chi connectivity index (χ0n) is 57.2. The summed E-state index contributed by atoms with van der Waals surface area (Å²) in [5.74, 6) is -3.05. The molecule has 2 fully saturated rings. The SMILES string of the molecule is COc1ncc(-c2cc(OC)c3ncnc(C)c3c2)cc1NS(=O)(=O)c1ccc(F)cc1F.Cc1ncc(-c2cc(OC3CCOCC3)c3ncnc(C)c3c2)cc1NS(=O)(=O)c1ccc(F)cc1F.Cc1ncnc2c(OC3CCOCC3)cc(-c3cnc(Cl)c(NS(=O)(=O)c4ccc(F)cc4)c3)cc12. The van der Waals surface area contributed by atoms with Gasteiger partial charge in [-0.15, -0.1) is 0 Å². The lowest BCUT2D eigenvalue weighted by Crippen LogP contribution is -2.26. The van der Waals surface area contributed by atoms with E-state index >= 15 is 0 Å². The summed E-state index contributed by atoms with van der Waals surface area (Å²) >= 11 is 6.23. The predicted molar refractivity (Wildman–Crippen MR) is 386 cm³/mol. The molecule has 6 aromatic heterocycles. The Bertz CT molecular complexity index is 5700. The van der Waals surface area contributed by atoms with Gasteiger partial charge in [0.1, 0.15) is 110 Å². The average molecular weight is 1530 g/mol. The van der Waals surface area contributed by atoms with Crippen LogP contribution in [0.15, 0.2) is 168 Å². The number of ether oxygens (including phenoxy) is 6. The van der Waals surface area contributed by atoms with Crippen LogP contribution in [0.5, 0.6) is 23.1 Å². The molecule has 12 aromatic rings.